The molecule has 2 atom stereocenters. The Morgan fingerprint density at radius 3 is 1.56 bits per heavy atom. The number of ether oxygens (including phenoxy) is 1. The lowest BCUT2D eigenvalue weighted by atomic mass is 9.83. The molecule has 0 aliphatic heterocycles. The molecule has 160 valence electrons. The van der Waals surface area contributed by atoms with Crippen molar-refractivity contribution in [2.24, 2.45) is 10.8 Å². The van der Waals surface area contributed by atoms with Gasteiger partial charge in [-0.1, -0.05) is 113 Å². The Morgan fingerprint density at radius 1 is 0.815 bits per heavy atom. The summed E-state index contributed by atoms with van der Waals surface area (Å²) in [6.45, 7) is 7.06. The predicted molar refractivity (Wildman–Crippen MR) is 120 cm³/mol. The molecule has 27 heavy (non-hydrogen) atoms. The predicted octanol–water partition coefficient (Wildman–Crippen LogP) is 7.78. The van der Waals surface area contributed by atoms with E-state index in [0.717, 1.165) is 0 Å². The maximum atomic E-state index is 12.2. The zero-order valence-corrected chi connectivity index (χ0v) is 22.1. The monoisotopic (exact) mass is 586 g/mol. The summed E-state index contributed by atoms with van der Waals surface area (Å²) in [5, 5.41) is -0.611. The first-order valence-electron chi connectivity index (χ1n) is 7.90. The summed E-state index contributed by atoms with van der Waals surface area (Å²) < 4.78 is 1.92. The van der Waals surface area contributed by atoms with E-state index in [1.54, 1.807) is 27.7 Å². The molecule has 2 unspecified atom stereocenters. The van der Waals surface area contributed by atoms with Gasteiger partial charge in [0, 0.05) is 23.0 Å². The number of halogens is 8. The van der Waals surface area contributed by atoms with Gasteiger partial charge in [0.15, 0.2) is 7.59 Å². The highest BCUT2D eigenvalue weighted by atomic mass is 79.9. The fraction of sp³-hybridized carbons (Fsp3) is 0.875. The largest absolute Gasteiger partial charge is 0.393 e. The van der Waals surface area contributed by atoms with Crippen LogP contribution in [0, 0.1) is 10.8 Å². The normalized spacial score (nSPS) is 16.0. The van der Waals surface area contributed by atoms with Crippen LogP contribution in [0.2, 0.25) is 0 Å². The highest BCUT2D eigenvalue weighted by Crippen LogP contribution is 2.42. The van der Waals surface area contributed by atoms with Crippen LogP contribution in [0.3, 0.4) is 0 Å². The first kappa shape index (κ1) is 28.6. The summed E-state index contributed by atoms with van der Waals surface area (Å²) in [6, 6.07) is 0. The zero-order valence-electron chi connectivity index (χ0n) is 15.2. The minimum absolute atomic E-state index is 0.0444. The summed E-state index contributed by atoms with van der Waals surface area (Å²) in [5.41, 5.74) is -1.35. The molecule has 3 nitrogen and oxygen atoms in total. The summed E-state index contributed by atoms with van der Waals surface area (Å²) >= 11 is 44.3. The van der Waals surface area contributed by atoms with Crippen molar-refractivity contribution in [2.75, 3.05) is 0 Å². The lowest BCUT2D eigenvalue weighted by Crippen LogP contribution is -2.34. The lowest BCUT2D eigenvalue weighted by molar-refractivity contribution is -0.162. The standard InChI is InChI=1S/C16H22BrCl7O3/c1-13(2,9(17)5-15(19,20)21)7-11(25)27-12(26)8-14(3,4)10(18)6-16(22,23)24/h9-10H,5-8H2,1-4H3. The molecule has 0 aliphatic rings. The summed E-state index contributed by atoms with van der Waals surface area (Å²) in [6.07, 6.45) is 0.0704. The van der Waals surface area contributed by atoms with E-state index < -0.39 is 35.7 Å². The molecule has 0 aromatic heterocycles. The second kappa shape index (κ2) is 10.8. The molecular formula is C16H22BrCl7O3. The van der Waals surface area contributed by atoms with E-state index in [0.29, 0.717) is 0 Å². The van der Waals surface area contributed by atoms with Crippen molar-refractivity contribution in [3.63, 3.8) is 0 Å². The van der Waals surface area contributed by atoms with E-state index in [2.05, 4.69) is 15.9 Å². The molecule has 0 heterocycles. The Hall–Kier alpha value is 1.65. The zero-order chi connectivity index (χ0) is 21.8. The van der Waals surface area contributed by atoms with Gasteiger partial charge in [-0.2, -0.15) is 0 Å². The maximum Gasteiger partial charge on any atom is 0.314 e. The first-order valence-corrected chi connectivity index (χ1v) is 11.5. The Kier molecular flexibility index (Phi) is 11.5. The van der Waals surface area contributed by atoms with Crippen molar-refractivity contribution in [3.8, 4) is 0 Å². The van der Waals surface area contributed by atoms with Gasteiger partial charge >= 0.3 is 11.9 Å². The van der Waals surface area contributed by atoms with Crippen molar-refractivity contribution in [1.29, 1.82) is 0 Å². The van der Waals surface area contributed by atoms with Crippen molar-refractivity contribution >= 4 is 109 Å². The van der Waals surface area contributed by atoms with Crippen LogP contribution in [0.25, 0.3) is 0 Å². The second-order valence-electron chi connectivity index (χ2n) is 7.75. The molecule has 0 amide bonds. The third-order valence-electron chi connectivity index (χ3n) is 3.94. The van der Waals surface area contributed by atoms with Crippen molar-refractivity contribution in [1.82, 2.24) is 0 Å². The topological polar surface area (TPSA) is 43.4 Å². The van der Waals surface area contributed by atoms with Gasteiger partial charge in [0.1, 0.15) is 0 Å². The van der Waals surface area contributed by atoms with Crippen molar-refractivity contribution in [3.05, 3.63) is 0 Å². The molecule has 0 saturated heterocycles. The van der Waals surface area contributed by atoms with Crippen LogP contribution in [0.1, 0.15) is 53.4 Å². The number of esters is 2. The average Bonchev–Trinajstić information content (AvgIpc) is 2.32. The smallest absolute Gasteiger partial charge is 0.314 e. The van der Waals surface area contributed by atoms with Gasteiger partial charge in [0.05, 0.1) is 12.8 Å². The molecular weight excluding hydrogens is 568 g/mol. The number of carbonyl (C=O) groups excluding carboxylic acids is 2. The van der Waals surface area contributed by atoms with Gasteiger partial charge in [-0.15, -0.1) is 11.6 Å². The highest BCUT2D eigenvalue weighted by Gasteiger charge is 2.39. The Bertz CT molecular complexity index is 481. The van der Waals surface area contributed by atoms with E-state index in [9.17, 15) is 9.59 Å². The molecule has 0 N–H and O–H groups in total. The van der Waals surface area contributed by atoms with Gasteiger partial charge in [-0.3, -0.25) is 9.59 Å². The van der Waals surface area contributed by atoms with Crippen LogP contribution in [-0.2, 0) is 14.3 Å². The number of alkyl halides is 8. The molecule has 0 aliphatic carbocycles. The quantitative estimate of drug-likeness (QED) is 0.165. The van der Waals surface area contributed by atoms with Crippen LogP contribution in [0.15, 0.2) is 0 Å². The Balaban J connectivity index is 4.76. The molecule has 0 aromatic rings. The van der Waals surface area contributed by atoms with E-state index >= 15 is 0 Å². The van der Waals surface area contributed by atoms with Gasteiger partial charge in [-0.05, 0) is 10.8 Å². The van der Waals surface area contributed by atoms with Gasteiger partial charge in [-0.25, -0.2) is 0 Å². The molecule has 0 rings (SSSR count). The summed E-state index contributed by atoms with van der Waals surface area (Å²) in [5.74, 6) is -1.38. The number of hydrogen-bond acceptors (Lipinski definition) is 3. The van der Waals surface area contributed by atoms with Crippen LogP contribution >= 0.6 is 97.1 Å². The third kappa shape index (κ3) is 12.8. The lowest BCUT2D eigenvalue weighted by Gasteiger charge is -2.32. The SMILES string of the molecule is CC(C)(CC(=O)OC(=O)CC(C)(C)C(Br)CC(Cl)(Cl)Cl)C(Cl)CC(Cl)(Cl)Cl. The first-order chi connectivity index (χ1) is 11.8. The minimum atomic E-state index is -1.54. The van der Waals surface area contributed by atoms with Crippen molar-refractivity contribution < 1.29 is 14.3 Å². The maximum absolute atomic E-state index is 12.2. The molecule has 11 heteroatoms. The van der Waals surface area contributed by atoms with E-state index in [1.165, 1.54) is 0 Å². The Labute approximate surface area is 204 Å². The van der Waals surface area contributed by atoms with Crippen molar-refractivity contribution in [2.45, 2.75) is 71.2 Å². The van der Waals surface area contributed by atoms with Crippen LogP contribution in [0.4, 0.5) is 0 Å². The molecule has 0 saturated carbocycles. The van der Waals surface area contributed by atoms with E-state index in [-0.39, 0.29) is 30.5 Å². The van der Waals surface area contributed by atoms with Crippen LogP contribution in [-0.4, -0.2) is 29.7 Å². The Morgan fingerprint density at radius 2 is 1.19 bits per heavy atom. The average molecular weight is 590 g/mol. The highest BCUT2D eigenvalue weighted by molar-refractivity contribution is 9.09. The van der Waals surface area contributed by atoms with Crippen LogP contribution in [0.5, 0.6) is 0 Å². The number of rotatable bonds is 8. The summed E-state index contributed by atoms with van der Waals surface area (Å²) in [7, 11) is 0. The molecule has 0 spiro atoms. The van der Waals surface area contributed by atoms with Gasteiger partial charge in [0.2, 0.25) is 0 Å². The van der Waals surface area contributed by atoms with Crippen LogP contribution < -0.4 is 0 Å². The van der Waals surface area contributed by atoms with E-state index in [4.69, 9.17) is 85.9 Å². The molecule has 0 aromatic carbocycles. The molecule has 0 bridgehead atoms. The van der Waals surface area contributed by atoms with E-state index in [1.807, 2.05) is 0 Å². The number of hydrogen-bond donors (Lipinski definition) is 0. The molecule has 0 fully saturated rings. The fourth-order valence-electron chi connectivity index (χ4n) is 2.12. The second-order valence-corrected chi connectivity index (χ2v) is 14.4. The minimum Gasteiger partial charge on any atom is -0.393 e. The van der Waals surface area contributed by atoms with Gasteiger partial charge in [0.25, 0.3) is 0 Å². The number of carbonyl (C=O) groups is 2. The third-order valence-corrected chi connectivity index (χ3v) is 7.18. The summed E-state index contributed by atoms with van der Waals surface area (Å²) in [4.78, 5) is 24.0. The van der Waals surface area contributed by atoms with Gasteiger partial charge < -0.3 is 4.74 Å². The fourth-order valence-corrected chi connectivity index (χ4v) is 4.80. The molecule has 0 radical (unpaired) electrons.